The van der Waals surface area contributed by atoms with Crippen LogP contribution in [0.2, 0.25) is 0 Å². The van der Waals surface area contributed by atoms with Gasteiger partial charge in [0.15, 0.2) is 5.96 Å². The van der Waals surface area contributed by atoms with E-state index in [1.54, 1.807) is 20.2 Å². The topological polar surface area (TPSA) is 63.2 Å². The van der Waals surface area contributed by atoms with Gasteiger partial charge >= 0.3 is 6.18 Å². The van der Waals surface area contributed by atoms with E-state index < -0.39 is 11.7 Å². The van der Waals surface area contributed by atoms with E-state index in [1.807, 2.05) is 0 Å². The number of halogens is 3. The summed E-state index contributed by atoms with van der Waals surface area (Å²) in [4.78, 5) is 22.7. The van der Waals surface area contributed by atoms with E-state index in [0.717, 1.165) is 44.9 Å². The van der Waals surface area contributed by atoms with Crippen molar-refractivity contribution in [3.63, 3.8) is 0 Å². The molecule has 3 aliphatic rings. The zero-order valence-electron chi connectivity index (χ0n) is 17.4. The van der Waals surface area contributed by atoms with Crippen LogP contribution in [0.1, 0.15) is 11.1 Å². The number of piperazine rings is 3. The summed E-state index contributed by atoms with van der Waals surface area (Å²) in [5, 5.41) is 6.25. The molecule has 0 aromatic heterocycles. The summed E-state index contributed by atoms with van der Waals surface area (Å²) < 4.78 is 38.8. The van der Waals surface area contributed by atoms with E-state index in [2.05, 4.69) is 25.4 Å². The van der Waals surface area contributed by atoms with Crippen molar-refractivity contribution in [2.75, 3.05) is 59.9 Å². The highest BCUT2D eigenvalue weighted by Crippen LogP contribution is 2.29. The van der Waals surface area contributed by atoms with Crippen molar-refractivity contribution in [3.8, 4) is 0 Å². The molecule has 3 heterocycles. The van der Waals surface area contributed by atoms with Crippen molar-refractivity contribution in [2.24, 2.45) is 4.99 Å². The lowest BCUT2D eigenvalue weighted by Crippen LogP contribution is -2.64. The molecule has 4 rings (SSSR count). The molecule has 1 unspecified atom stereocenters. The van der Waals surface area contributed by atoms with E-state index in [4.69, 9.17) is 0 Å². The molecule has 166 valence electrons. The van der Waals surface area contributed by atoms with Gasteiger partial charge in [0.1, 0.15) is 0 Å². The van der Waals surface area contributed by atoms with Gasteiger partial charge in [-0.15, -0.1) is 0 Å². The predicted molar refractivity (Wildman–Crippen MR) is 109 cm³/mol. The normalized spacial score (nSPS) is 23.9. The molecule has 2 N–H and O–H groups in total. The zero-order valence-corrected chi connectivity index (χ0v) is 17.4. The van der Waals surface area contributed by atoms with Crippen molar-refractivity contribution in [1.82, 2.24) is 25.3 Å². The first-order chi connectivity index (χ1) is 14.2. The van der Waals surface area contributed by atoms with Crippen LogP contribution in [0.15, 0.2) is 29.3 Å². The molecule has 1 atom stereocenters. The van der Waals surface area contributed by atoms with Gasteiger partial charge < -0.3 is 15.5 Å². The summed E-state index contributed by atoms with van der Waals surface area (Å²) in [6.45, 7) is 6.01. The third kappa shape index (κ3) is 6.09. The molecule has 1 aromatic rings. The summed E-state index contributed by atoms with van der Waals surface area (Å²) in [6, 6.07) is 5.48. The molecule has 10 heteroatoms. The Bertz CT molecular complexity index is 759. The highest BCUT2D eigenvalue weighted by molar-refractivity contribution is 5.86. The molecule has 0 spiro atoms. The minimum atomic E-state index is -4.39. The fourth-order valence-electron chi connectivity index (χ4n) is 3.64. The maximum atomic E-state index is 12.9. The van der Waals surface area contributed by atoms with Crippen molar-refractivity contribution in [1.29, 1.82) is 0 Å². The molecule has 0 saturated carbocycles. The number of carbonyl (C=O) groups is 1. The smallest absolute Gasteiger partial charge is 0.355 e. The molecule has 3 saturated heterocycles. The summed E-state index contributed by atoms with van der Waals surface area (Å²) in [6.07, 6.45) is -4.39. The van der Waals surface area contributed by atoms with Gasteiger partial charge in [-0.25, -0.2) is 4.99 Å². The fraction of sp³-hybridized carbons (Fsp3) is 0.600. The van der Waals surface area contributed by atoms with E-state index >= 15 is 0 Å². The van der Waals surface area contributed by atoms with Gasteiger partial charge in [0.05, 0.1) is 18.7 Å². The highest BCUT2D eigenvalue weighted by Gasteiger charge is 2.32. The lowest BCUT2D eigenvalue weighted by Gasteiger charge is -2.47. The quantitative estimate of drug-likeness (QED) is 0.521. The summed E-state index contributed by atoms with van der Waals surface area (Å²) in [7, 11) is 3.33. The zero-order chi connectivity index (χ0) is 21.7. The number of hydrogen-bond donors (Lipinski definition) is 2. The Morgan fingerprint density at radius 2 is 1.93 bits per heavy atom. The number of amides is 1. The fourth-order valence-corrected chi connectivity index (χ4v) is 3.64. The Morgan fingerprint density at radius 1 is 1.20 bits per heavy atom. The first-order valence-corrected chi connectivity index (χ1v) is 10.1. The number of fused-ring (bicyclic) bond motifs is 3. The molecule has 7 nitrogen and oxygen atoms in total. The Hall–Kier alpha value is -2.33. The number of hydrogen-bond acceptors (Lipinski definition) is 4. The third-order valence-corrected chi connectivity index (χ3v) is 5.48. The Labute approximate surface area is 174 Å². The summed E-state index contributed by atoms with van der Waals surface area (Å²) in [5.74, 6) is 0.301. The number of guanidine groups is 1. The summed E-state index contributed by atoms with van der Waals surface area (Å²) >= 11 is 0. The average Bonchev–Trinajstić information content (AvgIpc) is 2.73. The van der Waals surface area contributed by atoms with Gasteiger partial charge in [-0.05, 0) is 17.7 Å². The molecule has 1 aromatic carbocycles. The molecule has 2 bridgehead atoms. The van der Waals surface area contributed by atoms with Crippen LogP contribution in [-0.2, 0) is 17.5 Å². The molecule has 0 radical (unpaired) electrons. The maximum Gasteiger partial charge on any atom is 0.416 e. The number of carbonyl (C=O) groups excluding carboxylic acids is 1. The van der Waals surface area contributed by atoms with Crippen molar-refractivity contribution >= 4 is 11.9 Å². The third-order valence-electron chi connectivity index (χ3n) is 5.48. The first-order valence-electron chi connectivity index (χ1n) is 10.1. The molecule has 1 amide bonds. The standard InChI is InChI=1S/C20H29F3N6O/c1-27(2)18(30)13-26-19(25-12-17-14-28-6-8-29(17)9-7-28)24-11-15-4-3-5-16(10-15)20(21,22)23/h3-5,10,17H,6-9,11-14H2,1-2H3,(H2,24,25,26). The largest absolute Gasteiger partial charge is 0.416 e. The van der Waals surface area contributed by atoms with Gasteiger partial charge in [-0.2, -0.15) is 13.2 Å². The monoisotopic (exact) mass is 426 g/mol. The second kappa shape index (κ2) is 9.65. The number of alkyl halides is 3. The first kappa shape index (κ1) is 22.4. The molecular weight excluding hydrogens is 397 g/mol. The molecule has 30 heavy (non-hydrogen) atoms. The maximum absolute atomic E-state index is 12.9. The lowest BCUT2D eigenvalue weighted by molar-refractivity contribution is -0.137. The molecule has 3 fully saturated rings. The van der Waals surface area contributed by atoms with E-state index in [0.29, 0.717) is 24.1 Å². The minimum absolute atomic E-state index is 0.0575. The van der Waals surface area contributed by atoms with Gasteiger partial charge in [0, 0.05) is 59.4 Å². The van der Waals surface area contributed by atoms with Crippen LogP contribution >= 0.6 is 0 Å². The number of rotatable bonds is 6. The Morgan fingerprint density at radius 3 is 2.53 bits per heavy atom. The Balaban J connectivity index is 1.64. The van der Waals surface area contributed by atoms with E-state index in [9.17, 15) is 18.0 Å². The van der Waals surface area contributed by atoms with Crippen LogP contribution in [-0.4, -0.2) is 92.5 Å². The number of likely N-dealkylation sites (N-methyl/N-ethyl adjacent to an activating group) is 1. The number of nitrogens with zero attached hydrogens (tertiary/aromatic N) is 4. The van der Waals surface area contributed by atoms with Crippen molar-refractivity contribution in [2.45, 2.75) is 18.8 Å². The molecule has 0 aliphatic carbocycles. The minimum Gasteiger partial charge on any atom is -0.355 e. The average molecular weight is 426 g/mol. The van der Waals surface area contributed by atoms with Gasteiger partial charge in [0.25, 0.3) is 0 Å². The van der Waals surface area contributed by atoms with Crippen LogP contribution in [0.4, 0.5) is 13.2 Å². The Kier molecular flexibility index (Phi) is 7.19. The van der Waals surface area contributed by atoms with Crippen LogP contribution in [0, 0.1) is 0 Å². The van der Waals surface area contributed by atoms with Gasteiger partial charge in [-0.1, -0.05) is 12.1 Å². The lowest BCUT2D eigenvalue weighted by atomic mass is 10.1. The van der Waals surface area contributed by atoms with E-state index in [1.165, 1.54) is 11.0 Å². The summed E-state index contributed by atoms with van der Waals surface area (Å²) in [5.41, 5.74) is -0.239. The second-order valence-corrected chi connectivity index (χ2v) is 7.88. The van der Waals surface area contributed by atoms with Gasteiger partial charge in [-0.3, -0.25) is 14.6 Å². The van der Waals surface area contributed by atoms with Crippen LogP contribution in [0.5, 0.6) is 0 Å². The van der Waals surface area contributed by atoms with Crippen LogP contribution < -0.4 is 10.6 Å². The highest BCUT2D eigenvalue weighted by atomic mass is 19.4. The number of nitrogens with one attached hydrogen (secondary N) is 2. The van der Waals surface area contributed by atoms with Crippen LogP contribution in [0.25, 0.3) is 0 Å². The van der Waals surface area contributed by atoms with Gasteiger partial charge in [0.2, 0.25) is 5.91 Å². The van der Waals surface area contributed by atoms with Crippen molar-refractivity contribution in [3.05, 3.63) is 35.4 Å². The molecule has 3 aliphatic heterocycles. The van der Waals surface area contributed by atoms with Crippen LogP contribution in [0.3, 0.4) is 0 Å². The number of aliphatic imine (C=N–C) groups is 1. The van der Waals surface area contributed by atoms with Crippen molar-refractivity contribution < 1.29 is 18.0 Å². The molecular formula is C20H29F3N6O. The van der Waals surface area contributed by atoms with E-state index in [-0.39, 0.29) is 19.0 Å². The predicted octanol–water partition coefficient (Wildman–Crippen LogP) is 0.829. The number of benzene rings is 1. The SMILES string of the molecule is CN(C)C(=O)CNC(=NCc1cccc(C(F)(F)F)c1)NCC1CN2CCN1CC2. The second-order valence-electron chi connectivity index (χ2n) is 7.88.